The van der Waals surface area contributed by atoms with Gasteiger partial charge in [0.1, 0.15) is 23.6 Å². The van der Waals surface area contributed by atoms with Crippen molar-refractivity contribution in [2.45, 2.75) is 20.4 Å². The zero-order chi connectivity index (χ0) is 25.0. The fourth-order valence-corrected chi connectivity index (χ4v) is 4.73. The maximum atomic E-state index is 15.3. The highest BCUT2D eigenvalue weighted by Gasteiger charge is 2.31. The van der Waals surface area contributed by atoms with Crippen LogP contribution in [-0.2, 0) is 6.54 Å². The smallest absolute Gasteiger partial charge is 0.219 e. The molecule has 0 aliphatic carbocycles. The maximum Gasteiger partial charge on any atom is 0.219 e. The summed E-state index contributed by atoms with van der Waals surface area (Å²) in [7, 11) is 0. The predicted octanol–water partition coefficient (Wildman–Crippen LogP) is 5.36. The third kappa shape index (κ3) is 3.48. The first-order valence-electron chi connectivity index (χ1n) is 11.6. The summed E-state index contributed by atoms with van der Waals surface area (Å²) in [6.45, 7) is 5.23. The molecular formula is C27H24FN7O. The van der Waals surface area contributed by atoms with E-state index in [1.54, 1.807) is 12.1 Å². The quantitative estimate of drug-likeness (QED) is 0.333. The van der Waals surface area contributed by atoms with E-state index < -0.39 is 5.82 Å². The number of pyridine rings is 1. The van der Waals surface area contributed by atoms with Crippen LogP contribution in [0.15, 0.2) is 60.9 Å². The highest BCUT2D eigenvalue weighted by molar-refractivity contribution is 6.08. The average Bonchev–Trinajstić information content (AvgIpc) is 3.42. The Kier molecular flexibility index (Phi) is 4.99. The van der Waals surface area contributed by atoms with E-state index in [2.05, 4.69) is 24.4 Å². The number of nitrogens with zero attached hydrogens (tertiary/aromatic N) is 5. The van der Waals surface area contributed by atoms with Crippen LogP contribution in [0.2, 0.25) is 0 Å². The molecule has 0 atom stereocenters. The number of hydrogen-bond acceptors (Lipinski definition) is 7. The Balaban J connectivity index is 1.50. The fraction of sp³-hybridized carbons (Fsp3) is 0.148. The summed E-state index contributed by atoms with van der Waals surface area (Å²) in [6, 6.07) is 16.2. The van der Waals surface area contributed by atoms with Gasteiger partial charge in [0.15, 0.2) is 11.6 Å². The normalized spacial score (nSPS) is 12.8. The van der Waals surface area contributed by atoms with Gasteiger partial charge in [-0.25, -0.2) is 19.3 Å². The van der Waals surface area contributed by atoms with Crippen molar-refractivity contribution in [3.8, 4) is 22.8 Å². The topological polar surface area (TPSA) is 108 Å². The fourth-order valence-electron chi connectivity index (χ4n) is 4.73. The van der Waals surface area contributed by atoms with E-state index >= 15 is 4.39 Å². The molecule has 6 rings (SSSR count). The van der Waals surface area contributed by atoms with Crippen LogP contribution in [0.5, 0.6) is 11.6 Å². The Morgan fingerprint density at radius 2 is 1.83 bits per heavy atom. The lowest BCUT2D eigenvalue weighted by Crippen LogP contribution is -2.14. The van der Waals surface area contributed by atoms with Crippen molar-refractivity contribution in [1.29, 1.82) is 0 Å². The number of benzene rings is 2. The summed E-state index contributed by atoms with van der Waals surface area (Å²) in [5.41, 5.74) is 18.1. The molecule has 4 N–H and O–H groups in total. The minimum absolute atomic E-state index is 0.0874. The van der Waals surface area contributed by atoms with Crippen LogP contribution in [0.25, 0.3) is 22.2 Å². The van der Waals surface area contributed by atoms with Gasteiger partial charge in [-0.05, 0) is 55.3 Å². The Labute approximate surface area is 207 Å². The van der Waals surface area contributed by atoms with Crippen LogP contribution in [0.3, 0.4) is 0 Å². The first kappa shape index (κ1) is 21.8. The molecule has 9 heteroatoms. The molecule has 0 spiro atoms. The molecule has 8 nitrogen and oxygen atoms in total. The molecular weight excluding hydrogens is 457 g/mol. The van der Waals surface area contributed by atoms with Crippen LogP contribution in [-0.4, -0.2) is 26.1 Å². The number of fused-ring (bicyclic) bond motifs is 3. The first-order chi connectivity index (χ1) is 17.4. The lowest BCUT2D eigenvalue weighted by Gasteiger charge is -2.21. The van der Waals surface area contributed by atoms with Crippen LogP contribution < -0.4 is 21.1 Å². The molecule has 5 aromatic rings. The minimum Gasteiger partial charge on any atom is -0.436 e. The summed E-state index contributed by atoms with van der Waals surface area (Å²) in [6.07, 6.45) is 1.45. The number of anilines is 4. The van der Waals surface area contributed by atoms with Gasteiger partial charge < -0.3 is 25.7 Å². The lowest BCUT2D eigenvalue weighted by atomic mass is 10.0. The van der Waals surface area contributed by atoms with E-state index in [9.17, 15) is 0 Å². The highest BCUT2D eigenvalue weighted by atomic mass is 19.1. The van der Waals surface area contributed by atoms with Gasteiger partial charge in [-0.1, -0.05) is 18.2 Å². The highest BCUT2D eigenvalue weighted by Crippen LogP contribution is 2.47. The third-order valence-electron chi connectivity index (χ3n) is 6.52. The van der Waals surface area contributed by atoms with Crippen molar-refractivity contribution in [2.24, 2.45) is 0 Å². The number of ether oxygens (including phenoxy) is 1. The molecule has 0 fully saturated rings. The van der Waals surface area contributed by atoms with Gasteiger partial charge in [0.05, 0.1) is 5.39 Å². The van der Waals surface area contributed by atoms with Crippen LogP contribution in [0.4, 0.5) is 27.4 Å². The second kappa shape index (κ2) is 8.23. The molecule has 4 heterocycles. The van der Waals surface area contributed by atoms with E-state index in [0.29, 0.717) is 47.1 Å². The maximum absolute atomic E-state index is 15.3. The SMILES string of the molecule is Cc1cccc(Oc2ccc(-c3c4n(c5ncnc(N)c35)CCN4c3ccc(C)c(N)c3)cc2F)n1. The molecule has 2 aromatic carbocycles. The third-order valence-corrected chi connectivity index (χ3v) is 6.52. The number of nitrogen functional groups attached to an aromatic ring is 2. The van der Waals surface area contributed by atoms with Crippen molar-refractivity contribution in [3.63, 3.8) is 0 Å². The van der Waals surface area contributed by atoms with Gasteiger partial charge in [-0.15, -0.1) is 0 Å². The molecule has 1 aliphatic rings. The summed E-state index contributed by atoms with van der Waals surface area (Å²) in [5.74, 6) is 1.12. The predicted molar refractivity (Wildman–Crippen MR) is 139 cm³/mol. The monoisotopic (exact) mass is 481 g/mol. The van der Waals surface area contributed by atoms with Crippen molar-refractivity contribution in [2.75, 3.05) is 22.9 Å². The van der Waals surface area contributed by atoms with Gasteiger partial charge in [-0.2, -0.15) is 0 Å². The minimum atomic E-state index is -0.511. The van der Waals surface area contributed by atoms with E-state index in [-0.39, 0.29) is 5.75 Å². The summed E-state index contributed by atoms with van der Waals surface area (Å²) >= 11 is 0. The van der Waals surface area contributed by atoms with Crippen molar-refractivity contribution in [1.82, 2.24) is 19.5 Å². The number of aryl methyl sites for hydroxylation is 2. The zero-order valence-corrected chi connectivity index (χ0v) is 19.9. The van der Waals surface area contributed by atoms with Crippen LogP contribution >= 0.6 is 0 Å². The molecule has 0 radical (unpaired) electrons. The zero-order valence-electron chi connectivity index (χ0n) is 19.9. The number of nitrogens with two attached hydrogens (primary N) is 2. The molecule has 0 unspecified atom stereocenters. The van der Waals surface area contributed by atoms with Crippen molar-refractivity contribution < 1.29 is 9.13 Å². The van der Waals surface area contributed by atoms with Crippen LogP contribution in [0, 0.1) is 19.7 Å². The van der Waals surface area contributed by atoms with E-state index in [0.717, 1.165) is 28.3 Å². The molecule has 0 bridgehead atoms. The van der Waals surface area contributed by atoms with E-state index in [4.69, 9.17) is 16.2 Å². The molecule has 36 heavy (non-hydrogen) atoms. The van der Waals surface area contributed by atoms with Gasteiger partial charge in [-0.3, -0.25) is 0 Å². The number of hydrogen-bond donors (Lipinski definition) is 2. The van der Waals surface area contributed by atoms with Crippen molar-refractivity contribution in [3.05, 3.63) is 78.0 Å². The molecule has 0 amide bonds. The second-order valence-electron chi connectivity index (χ2n) is 8.86. The Hall–Kier alpha value is -4.66. The van der Waals surface area contributed by atoms with E-state index in [1.165, 1.54) is 12.4 Å². The molecule has 180 valence electrons. The Bertz CT molecular complexity index is 1650. The van der Waals surface area contributed by atoms with Gasteiger partial charge in [0.25, 0.3) is 0 Å². The molecule has 3 aromatic heterocycles. The Morgan fingerprint density at radius 3 is 2.61 bits per heavy atom. The lowest BCUT2D eigenvalue weighted by molar-refractivity contribution is 0.427. The standard InChI is InChI=1S/C27H24FN7O/c1-15-6-8-18(13-20(15)29)34-10-11-35-26-24(25(30)31-14-32-26)23(27(34)35)17-7-9-21(19(28)12-17)36-22-5-3-4-16(2)33-22/h3-9,12-14H,10-11,29H2,1-2H3,(H2,30,31,32). The first-order valence-corrected chi connectivity index (χ1v) is 11.6. The summed E-state index contributed by atoms with van der Waals surface area (Å²) < 4.78 is 23.2. The number of halogens is 1. The van der Waals surface area contributed by atoms with Gasteiger partial charge >= 0.3 is 0 Å². The molecule has 0 saturated carbocycles. The molecule has 0 saturated heterocycles. The molecule has 1 aliphatic heterocycles. The summed E-state index contributed by atoms with van der Waals surface area (Å²) in [5, 5.41) is 0.686. The van der Waals surface area contributed by atoms with Crippen molar-refractivity contribution >= 4 is 34.0 Å². The average molecular weight is 482 g/mol. The largest absolute Gasteiger partial charge is 0.436 e. The van der Waals surface area contributed by atoms with Gasteiger partial charge in [0, 0.05) is 41.8 Å². The second-order valence-corrected chi connectivity index (χ2v) is 8.86. The number of rotatable bonds is 4. The number of aromatic nitrogens is 4. The van der Waals surface area contributed by atoms with E-state index in [1.807, 2.05) is 50.2 Å². The van der Waals surface area contributed by atoms with Gasteiger partial charge in [0.2, 0.25) is 5.88 Å². The Morgan fingerprint density at radius 1 is 0.972 bits per heavy atom. The summed E-state index contributed by atoms with van der Waals surface area (Å²) in [4.78, 5) is 15.2. The van der Waals surface area contributed by atoms with Crippen LogP contribution in [0.1, 0.15) is 11.3 Å².